The van der Waals surface area contributed by atoms with Gasteiger partial charge in [0, 0.05) is 32.8 Å². The van der Waals surface area contributed by atoms with Crippen LogP contribution >= 0.6 is 0 Å². The van der Waals surface area contributed by atoms with Crippen LogP contribution in [0.4, 0.5) is 0 Å². The molecule has 32 heavy (non-hydrogen) atoms. The summed E-state index contributed by atoms with van der Waals surface area (Å²) in [6.07, 6.45) is 0. The Morgan fingerprint density at radius 3 is 2.09 bits per heavy atom. The molecule has 1 saturated heterocycles. The first-order valence-corrected chi connectivity index (χ1v) is 11.2. The summed E-state index contributed by atoms with van der Waals surface area (Å²) >= 11 is 0. The molecule has 0 radical (unpaired) electrons. The highest BCUT2D eigenvalue weighted by Crippen LogP contribution is 2.51. The molecule has 3 aromatic carbocycles. The van der Waals surface area contributed by atoms with Crippen molar-refractivity contribution >= 4 is 34.5 Å². The molecule has 4 nitrogen and oxygen atoms in total. The molecule has 2 aliphatic rings. The third-order valence-electron chi connectivity index (χ3n) is 7.60. The second-order valence-electron chi connectivity index (χ2n) is 10.5. The van der Waals surface area contributed by atoms with Gasteiger partial charge in [-0.2, -0.15) is 0 Å². The molecule has 1 aromatic heterocycles. The van der Waals surface area contributed by atoms with Crippen LogP contribution in [-0.2, 0) is 14.7 Å². The van der Waals surface area contributed by atoms with Gasteiger partial charge in [0.2, 0.25) is 0 Å². The average molecular weight is 426 g/mol. The number of benzene rings is 3. The fourth-order valence-corrected chi connectivity index (χ4v) is 4.94. The van der Waals surface area contributed by atoms with Crippen LogP contribution in [0.25, 0.3) is 21.9 Å². The van der Waals surface area contributed by atoms with Crippen LogP contribution in [0.3, 0.4) is 0 Å². The number of furan rings is 1. The Hall–Kier alpha value is -2.76. The quantitative estimate of drug-likeness (QED) is 0.334. The van der Waals surface area contributed by atoms with Crippen LogP contribution in [0.15, 0.2) is 59.0 Å². The summed E-state index contributed by atoms with van der Waals surface area (Å²) in [5.41, 5.74) is 3.75. The first kappa shape index (κ1) is 19.9. The van der Waals surface area contributed by atoms with Crippen LogP contribution in [0.1, 0.15) is 52.7 Å². The van der Waals surface area contributed by atoms with Crippen molar-refractivity contribution < 1.29 is 18.5 Å². The van der Waals surface area contributed by atoms with Crippen molar-refractivity contribution in [1.29, 1.82) is 0 Å². The fraction of sp³-hybridized carbons (Fsp3) is 0.333. The molecule has 0 spiro atoms. The van der Waals surface area contributed by atoms with Crippen LogP contribution in [0.5, 0.6) is 11.5 Å². The number of hydrogen-bond donors (Lipinski definition) is 0. The molecule has 0 N–H and O–H groups in total. The van der Waals surface area contributed by atoms with Crippen molar-refractivity contribution in [3.63, 3.8) is 0 Å². The van der Waals surface area contributed by atoms with Gasteiger partial charge in [-0.25, -0.2) is 0 Å². The van der Waals surface area contributed by atoms with Gasteiger partial charge >= 0.3 is 7.12 Å². The Morgan fingerprint density at radius 1 is 0.656 bits per heavy atom. The maximum Gasteiger partial charge on any atom is 0.498 e. The van der Waals surface area contributed by atoms with Gasteiger partial charge in [-0.1, -0.05) is 56.3 Å². The third kappa shape index (κ3) is 2.52. The Labute approximate surface area is 188 Å². The van der Waals surface area contributed by atoms with Crippen LogP contribution < -0.4 is 10.2 Å². The molecular formula is C27H27BO4. The van der Waals surface area contributed by atoms with E-state index in [-0.39, 0.29) is 5.41 Å². The van der Waals surface area contributed by atoms with Crippen molar-refractivity contribution in [3.05, 3.63) is 65.7 Å². The molecule has 4 aromatic rings. The van der Waals surface area contributed by atoms with Crippen LogP contribution in [0, 0.1) is 0 Å². The van der Waals surface area contributed by atoms with E-state index >= 15 is 0 Å². The summed E-state index contributed by atoms with van der Waals surface area (Å²) in [6, 6.07) is 18.7. The smallest absolute Gasteiger partial charge is 0.453 e. The lowest BCUT2D eigenvalue weighted by Crippen LogP contribution is -2.41. The second kappa shape index (κ2) is 6.18. The van der Waals surface area contributed by atoms with Gasteiger partial charge in [0.05, 0.1) is 11.2 Å². The molecule has 3 heterocycles. The zero-order chi connectivity index (χ0) is 22.5. The second-order valence-corrected chi connectivity index (χ2v) is 10.5. The summed E-state index contributed by atoms with van der Waals surface area (Å²) in [5.74, 6) is 1.67. The number of para-hydroxylation sites is 2. The minimum Gasteiger partial charge on any atom is -0.453 e. The van der Waals surface area contributed by atoms with E-state index in [1.54, 1.807) is 0 Å². The average Bonchev–Trinajstić information content (AvgIpc) is 3.22. The Morgan fingerprint density at radius 2 is 1.34 bits per heavy atom. The van der Waals surface area contributed by atoms with E-state index < -0.39 is 18.3 Å². The topological polar surface area (TPSA) is 40.8 Å². The number of fused-ring (bicyclic) bond motifs is 6. The van der Waals surface area contributed by atoms with Crippen LogP contribution in [-0.4, -0.2) is 18.3 Å². The van der Waals surface area contributed by atoms with Crippen molar-refractivity contribution in [2.45, 2.75) is 58.2 Å². The predicted molar refractivity (Wildman–Crippen MR) is 128 cm³/mol. The lowest BCUT2D eigenvalue weighted by Gasteiger charge is -2.34. The van der Waals surface area contributed by atoms with Gasteiger partial charge < -0.3 is 18.5 Å². The normalized spacial score (nSPS) is 20.2. The van der Waals surface area contributed by atoms with Crippen molar-refractivity contribution in [1.82, 2.24) is 0 Å². The Bertz CT molecular complexity index is 1380. The lowest BCUT2D eigenvalue weighted by atomic mass is 9.75. The molecule has 2 aliphatic heterocycles. The molecule has 162 valence electrons. The highest BCUT2D eigenvalue weighted by Gasteiger charge is 2.52. The summed E-state index contributed by atoms with van der Waals surface area (Å²) < 4.78 is 25.7. The molecule has 1 fully saturated rings. The van der Waals surface area contributed by atoms with Gasteiger partial charge in [0.1, 0.15) is 11.3 Å². The third-order valence-corrected chi connectivity index (χ3v) is 7.60. The van der Waals surface area contributed by atoms with E-state index in [2.05, 4.69) is 71.9 Å². The molecule has 5 heteroatoms. The highest BCUT2D eigenvalue weighted by molar-refractivity contribution is 6.65. The van der Waals surface area contributed by atoms with Crippen molar-refractivity contribution in [3.8, 4) is 11.5 Å². The maximum atomic E-state index is 6.55. The summed E-state index contributed by atoms with van der Waals surface area (Å²) in [7, 11) is -0.488. The van der Waals surface area contributed by atoms with E-state index in [0.29, 0.717) is 0 Å². The van der Waals surface area contributed by atoms with Crippen molar-refractivity contribution in [2.75, 3.05) is 0 Å². The molecular weight excluding hydrogens is 399 g/mol. The molecule has 0 unspecified atom stereocenters. The Balaban J connectivity index is 1.57. The van der Waals surface area contributed by atoms with E-state index in [0.717, 1.165) is 44.5 Å². The predicted octanol–water partition coefficient (Wildman–Crippen LogP) is 6.32. The Kier molecular flexibility index (Phi) is 3.84. The first-order chi connectivity index (χ1) is 15.1. The number of hydrogen-bond acceptors (Lipinski definition) is 4. The van der Waals surface area contributed by atoms with Gasteiger partial charge in [0.25, 0.3) is 0 Å². The van der Waals surface area contributed by atoms with E-state index in [1.165, 1.54) is 5.56 Å². The molecule has 0 atom stereocenters. The molecule has 0 saturated carbocycles. The fourth-order valence-electron chi connectivity index (χ4n) is 4.94. The van der Waals surface area contributed by atoms with Gasteiger partial charge in [0.15, 0.2) is 11.3 Å². The van der Waals surface area contributed by atoms with E-state index in [1.807, 2.05) is 24.3 Å². The largest absolute Gasteiger partial charge is 0.498 e. The van der Waals surface area contributed by atoms with Gasteiger partial charge in [-0.15, -0.1) is 0 Å². The molecule has 0 aliphatic carbocycles. The molecule has 0 amide bonds. The zero-order valence-corrected chi connectivity index (χ0v) is 19.4. The van der Waals surface area contributed by atoms with Crippen molar-refractivity contribution in [2.24, 2.45) is 0 Å². The van der Waals surface area contributed by atoms with E-state index in [9.17, 15) is 0 Å². The van der Waals surface area contributed by atoms with E-state index in [4.69, 9.17) is 18.5 Å². The lowest BCUT2D eigenvalue weighted by molar-refractivity contribution is 0.00578. The maximum absolute atomic E-state index is 6.55. The van der Waals surface area contributed by atoms with Gasteiger partial charge in [-0.3, -0.25) is 0 Å². The zero-order valence-electron chi connectivity index (χ0n) is 19.4. The molecule has 6 rings (SSSR count). The summed E-state index contributed by atoms with van der Waals surface area (Å²) in [4.78, 5) is 0. The highest BCUT2D eigenvalue weighted by atomic mass is 16.7. The summed E-state index contributed by atoms with van der Waals surface area (Å²) in [5, 5.41) is 2.07. The number of ether oxygens (including phenoxy) is 1. The first-order valence-electron chi connectivity index (χ1n) is 11.2. The SMILES string of the molecule is CC1(C)c2ccccc2Oc2c1ccc1c2oc2c(B3OC(C)(C)C(C)(C)O3)cccc21. The van der Waals surface area contributed by atoms with Gasteiger partial charge in [-0.05, 0) is 39.8 Å². The summed E-state index contributed by atoms with van der Waals surface area (Å²) in [6.45, 7) is 12.7. The minimum atomic E-state index is -0.488. The minimum absolute atomic E-state index is 0.189. The van der Waals surface area contributed by atoms with Crippen LogP contribution in [0.2, 0.25) is 0 Å². The molecule has 0 bridgehead atoms. The standard InChI is InChI=1S/C27H27BO4/c1-25(2)18-11-7-8-13-21(18)29-24-19(25)15-14-17-16-10-9-12-20(22(16)30-23(17)24)28-31-26(3,4)27(5,6)32-28/h7-15H,1-6H3. The number of rotatable bonds is 1. The monoisotopic (exact) mass is 426 g/mol.